The topological polar surface area (TPSA) is 86.8 Å². The highest BCUT2D eigenvalue weighted by atomic mass is 79.9. The molecule has 1 aliphatic heterocycles. The van der Waals surface area contributed by atoms with Crippen LogP contribution in [0, 0.1) is 5.92 Å². The van der Waals surface area contributed by atoms with E-state index in [0.717, 1.165) is 56.5 Å². The highest BCUT2D eigenvalue weighted by Crippen LogP contribution is 2.35. The molecular weight excluding hydrogens is 691 g/mol. The number of hydrogen-bond donors (Lipinski definition) is 1. The first-order valence-corrected chi connectivity index (χ1v) is 18.7. The lowest BCUT2D eigenvalue weighted by Crippen LogP contribution is -2.39. The van der Waals surface area contributed by atoms with E-state index in [1.807, 2.05) is 30.3 Å². The largest absolute Gasteiger partial charge is 0.416 e. The number of hydrogen-bond acceptors (Lipinski definition) is 5. The molecule has 1 saturated carbocycles. The van der Waals surface area contributed by atoms with E-state index in [1.54, 1.807) is 0 Å². The zero-order chi connectivity index (χ0) is 32.2. The summed E-state index contributed by atoms with van der Waals surface area (Å²) in [4.78, 5) is -0.118. The van der Waals surface area contributed by atoms with Crippen molar-refractivity contribution in [3.8, 4) is 0 Å². The molecule has 0 atom stereocenters. The molecule has 13 heteroatoms. The molecule has 2 aliphatic rings. The van der Waals surface area contributed by atoms with Crippen molar-refractivity contribution in [3.05, 3.63) is 94.0 Å². The Labute approximate surface area is 272 Å². The number of alkyl halides is 3. The number of benzene rings is 3. The molecule has 2 fully saturated rings. The minimum absolute atomic E-state index is 0.0134. The highest BCUT2D eigenvalue weighted by molar-refractivity contribution is 9.10. The van der Waals surface area contributed by atoms with Crippen LogP contribution in [0.3, 0.4) is 0 Å². The second kappa shape index (κ2) is 14.2. The van der Waals surface area contributed by atoms with Crippen LogP contribution in [-0.2, 0) is 39.3 Å². The third kappa shape index (κ3) is 8.36. The molecule has 1 N–H and O–H groups in total. The molecule has 0 radical (unpaired) electrons. The first kappa shape index (κ1) is 34.1. The summed E-state index contributed by atoms with van der Waals surface area (Å²) in [5.41, 5.74) is 0.193. The monoisotopic (exact) mass is 727 g/mol. The molecule has 0 bridgehead atoms. The highest BCUT2D eigenvalue weighted by Gasteiger charge is 2.36. The summed E-state index contributed by atoms with van der Waals surface area (Å²) in [6, 6.07) is 17.6. The summed E-state index contributed by atoms with van der Waals surface area (Å²) in [6.45, 7) is 1.95. The molecule has 1 saturated heterocycles. The molecule has 1 aliphatic carbocycles. The predicted molar refractivity (Wildman–Crippen MR) is 170 cm³/mol. The van der Waals surface area contributed by atoms with E-state index in [1.165, 1.54) is 38.9 Å². The summed E-state index contributed by atoms with van der Waals surface area (Å²) in [7, 11) is -8.15. The summed E-state index contributed by atoms with van der Waals surface area (Å²) >= 11 is 3.13. The lowest BCUT2D eigenvalue weighted by molar-refractivity contribution is -0.137. The van der Waals surface area contributed by atoms with Gasteiger partial charge in [0.05, 0.1) is 15.4 Å². The lowest BCUT2D eigenvalue weighted by Gasteiger charge is -2.30. The van der Waals surface area contributed by atoms with Gasteiger partial charge in [0.15, 0.2) is 0 Å². The van der Waals surface area contributed by atoms with Gasteiger partial charge in [0.1, 0.15) is 0 Å². The van der Waals surface area contributed by atoms with E-state index < -0.39 is 31.8 Å². The van der Waals surface area contributed by atoms with E-state index >= 15 is 0 Å². The second-order valence-electron chi connectivity index (χ2n) is 11.8. The van der Waals surface area contributed by atoms with Crippen LogP contribution < -0.4 is 5.32 Å². The zero-order valence-electron chi connectivity index (χ0n) is 24.7. The van der Waals surface area contributed by atoms with Gasteiger partial charge in [-0.1, -0.05) is 59.1 Å². The average Bonchev–Trinajstić information content (AvgIpc) is 3.54. The van der Waals surface area contributed by atoms with Gasteiger partial charge in [-0.15, -0.1) is 0 Å². The van der Waals surface area contributed by atoms with Crippen molar-refractivity contribution in [1.29, 1.82) is 0 Å². The third-order valence-corrected chi connectivity index (χ3v) is 12.7. The predicted octanol–water partition coefficient (Wildman–Crippen LogP) is 6.79. The number of halogens is 4. The van der Waals surface area contributed by atoms with Crippen LogP contribution in [-0.4, -0.2) is 51.1 Å². The van der Waals surface area contributed by atoms with Crippen LogP contribution in [0.25, 0.3) is 0 Å². The minimum Gasteiger partial charge on any atom is -0.317 e. The summed E-state index contributed by atoms with van der Waals surface area (Å²) < 4.78 is 99.4. The van der Waals surface area contributed by atoms with Crippen molar-refractivity contribution in [2.45, 2.75) is 73.6 Å². The van der Waals surface area contributed by atoms with E-state index in [-0.39, 0.29) is 44.9 Å². The summed E-state index contributed by atoms with van der Waals surface area (Å²) in [5, 5.41) is 3.30. The first-order chi connectivity index (χ1) is 21.3. The van der Waals surface area contributed by atoms with Crippen molar-refractivity contribution in [2.24, 2.45) is 5.92 Å². The average molecular weight is 729 g/mol. The van der Waals surface area contributed by atoms with Gasteiger partial charge >= 0.3 is 6.18 Å². The molecule has 1 heterocycles. The van der Waals surface area contributed by atoms with E-state index in [9.17, 15) is 30.0 Å². The molecule has 0 spiro atoms. The normalized spacial score (nSPS) is 17.4. The fourth-order valence-electron chi connectivity index (χ4n) is 6.14. The molecule has 45 heavy (non-hydrogen) atoms. The standard InChI is InChI=1S/C32H37BrF3N3O4S2/c33-28-19-26(18-27(20-28)32(34,35)36)23-39(29-8-4-5-9-29)45(42,43)31-12-10-30(11-13-31)44(40,41)38(21-24-6-2-1-3-7-24)22-25-14-16-37-17-15-25/h1-3,6-7,10-13,18-20,25,29,37H,4-5,8-9,14-17,21-23H2. The molecule has 0 amide bonds. The van der Waals surface area contributed by atoms with Gasteiger partial charge in [0.2, 0.25) is 20.0 Å². The van der Waals surface area contributed by atoms with Crippen LogP contribution in [0.2, 0.25) is 0 Å². The summed E-state index contributed by atoms with van der Waals surface area (Å²) in [6.07, 6.45) is -0.0507. The number of nitrogens with one attached hydrogen (secondary N) is 1. The van der Waals surface area contributed by atoms with Crippen LogP contribution >= 0.6 is 15.9 Å². The molecule has 7 nitrogen and oxygen atoms in total. The zero-order valence-corrected chi connectivity index (χ0v) is 27.9. The van der Waals surface area contributed by atoms with Gasteiger partial charge in [0.25, 0.3) is 0 Å². The fourth-order valence-corrected chi connectivity index (χ4v) is 9.86. The van der Waals surface area contributed by atoms with Crippen LogP contribution in [0.4, 0.5) is 13.2 Å². The number of rotatable bonds is 11. The van der Waals surface area contributed by atoms with Gasteiger partial charge in [-0.2, -0.15) is 21.8 Å². The molecular formula is C32H37BrF3N3O4S2. The van der Waals surface area contributed by atoms with Crippen LogP contribution in [0.5, 0.6) is 0 Å². The number of sulfonamides is 2. The van der Waals surface area contributed by atoms with E-state index in [4.69, 9.17) is 0 Å². The quantitative estimate of drug-likeness (QED) is 0.235. The molecule has 244 valence electrons. The van der Waals surface area contributed by atoms with Crippen molar-refractivity contribution < 1.29 is 30.0 Å². The van der Waals surface area contributed by atoms with Gasteiger partial charge in [-0.25, -0.2) is 16.8 Å². The Bertz CT molecular complexity index is 1660. The van der Waals surface area contributed by atoms with Gasteiger partial charge < -0.3 is 5.32 Å². The Morgan fingerprint density at radius 1 is 0.756 bits per heavy atom. The van der Waals surface area contributed by atoms with Crippen molar-refractivity contribution in [1.82, 2.24) is 13.9 Å². The Hall–Kier alpha value is -2.29. The Balaban J connectivity index is 1.43. The third-order valence-electron chi connectivity index (χ3n) is 8.55. The maximum atomic E-state index is 14.0. The lowest BCUT2D eigenvalue weighted by atomic mass is 9.98. The van der Waals surface area contributed by atoms with Gasteiger partial charge in [-0.3, -0.25) is 0 Å². The van der Waals surface area contributed by atoms with Gasteiger partial charge in [-0.05, 0) is 98.3 Å². The maximum absolute atomic E-state index is 14.0. The van der Waals surface area contributed by atoms with Crippen LogP contribution in [0.15, 0.2) is 87.1 Å². The number of piperidine rings is 1. The van der Waals surface area contributed by atoms with Crippen molar-refractivity contribution in [3.63, 3.8) is 0 Å². The van der Waals surface area contributed by atoms with Crippen molar-refractivity contribution >= 4 is 36.0 Å². The molecule has 3 aromatic carbocycles. The first-order valence-electron chi connectivity index (χ1n) is 15.1. The molecule has 5 rings (SSSR count). The smallest absolute Gasteiger partial charge is 0.317 e. The molecule has 3 aromatic rings. The fraction of sp³-hybridized carbons (Fsp3) is 0.438. The number of nitrogens with zero attached hydrogens (tertiary/aromatic N) is 2. The minimum atomic E-state index is -4.58. The Morgan fingerprint density at radius 2 is 1.36 bits per heavy atom. The van der Waals surface area contributed by atoms with Crippen molar-refractivity contribution in [2.75, 3.05) is 19.6 Å². The van der Waals surface area contributed by atoms with E-state index in [2.05, 4.69) is 21.2 Å². The summed E-state index contributed by atoms with van der Waals surface area (Å²) in [5.74, 6) is 0.195. The Morgan fingerprint density at radius 3 is 1.96 bits per heavy atom. The van der Waals surface area contributed by atoms with Crippen LogP contribution in [0.1, 0.15) is 55.2 Å². The van der Waals surface area contributed by atoms with Gasteiger partial charge in [0, 0.05) is 30.1 Å². The molecule has 0 unspecified atom stereocenters. The maximum Gasteiger partial charge on any atom is 0.416 e. The molecule has 0 aromatic heterocycles. The SMILES string of the molecule is O=S(=O)(c1ccc(S(=O)(=O)N(Cc2cc(Br)cc(C(F)(F)F)c2)C2CCCC2)cc1)N(Cc1ccccc1)CC1CCNCC1. The van der Waals surface area contributed by atoms with E-state index in [0.29, 0.717) is 19.4 Å². The Kier molecular flexibility index (Phi) is 10.8. The second-order valence-corrected chi connectivity index (χ2v) is 16.5.